The van der Waals surface area contributed by atoms with Gasteiger partial charge in [-0.3, -0.25) is 0 Å². The summed E-state index contributed by atoms with van der Waals surface area (Å²) in [4.78, 5) is 11.0. The molecule has 2 aromatic rings. The van der Waals surface area contributed by atoms with E-state index in [0.29, 0.717) is 19.0 Å². The van der Waals surface area contributed by atoms with Crippen LogP contribution >= 0.6 is 11.3 Å². The molecule has 0 aliphatic carbocycles. The van der Waals surface area contributed by atoms with E-state index >= 15 is 0 Å². The summed E-state index contributed by atoms with van der Waals surface area (Å²) < 4.78 is 11.1. The number of aryl methyl sites for hydroxylation is 2. The van der Waals surface area contributed by atoms with Gasteiger partial charge in [0.1, 0.15) is 29.6 Å². The van der Waals surface area contributed by atoms with Crippen molar-refractivity contribution in [2.24, 2.45) is 0 Å². The van der Waals surface area contributed by atoms with Crippen LogP contribution in [0.5, 0.6) is 11.5 Å². The molecule has 1 aromatic carbocycles. The first-order valence-corrected chi connectivity index (χ1v) is 7.09. The molecule has 0 spiro atoms. The lowest BCUT2D eigenvalue weighted by Gasteiger charge is -2.10. The molecule has 0 atom stereocenters. The number of hydrogen-bond donors (Lipinski definition) is 1. The van der Waals surface area contributed by atoms with Gasteiger partial charge in [-0.15, -0.1) is 11.3 Å². The zero-order chi connectivity index (χ0) is 14.5. The monoisotopic (exact) mass is 292 g/mol. The summed E-state index contributed by atoms with van der Waals surface area (Å²) in [5, 5.41) is 10.5. The highest BCUT2D eigenvalue weighted by Gasteiger charge is 2.07. The van der Waals surface area contributed by atoms with Gasteiger partial charge in [0.2, 0.25) is 0 Å². The third-order valence-electron chi connectivity index (χ3n) is 2.74. The summed E-state index contributed by atoms with van der Waals surface area (Å²) in [6.07, 6.45) is 0. The van der Waals surface area contributed by atoms with Gasteiger partial charge in [0.25, 0.3) is 0 Å². The average Bonchev–Trinajstić information content (AvgIpc) is 2.87. The second kappa shape index (κ2) is 6.43. The molecule has 0 saturated carbocycles. The molecule has 0 unspecified atom stereocenters. The van der Waals surface area contributed by atoms with Gasteiger partial charge >= 0.3 is 5.97 Å². The van der Waals surface area contributed by atoms with Gasteiger partial charge in [0.15, 0.2) is 0 Å². The number of rotatable bonds is 6. The topological polar surface area (TPSA) is 55.8 Å². The van der Waals surface area contributed by atoms with Crippen molar-refractivity contribution in [3.8, 4) is 11.5 Å². The summed E-state index contributed by atoms with van der Waals surface area (Å²) >= 11 is 1.15. The number of carbonyl (C=O) groups is 1. The molecular formula is C15H16O4S. The standard InChI is InChI=1S/C15H16O4S/c1-10-3-4-11(2)13(7-10)19-6-5-18-12-8-14(15(16)17)20-9-12/h3-4,7-9H,5-6H2,1-2H3,(H,16,17). The molecule has 1 aromatic heterocycles. The van der Waals surface area contributed by atoms with Gasteiger partial charge in [0.05, 0.1) is 0 Å². The molecule has 2 rings (SSSR count). The Kier molecular flexibility index (Phi) is 4.63. The van der Waals surface area contributed by atoms with Crippen molar-refractivity contribution in [2.45, 2.75) is 13.8 Å². The molecule has 0 aliphatic rings. The first-order chi connectivity index (χ1) is 9.56. The van der Waals surface area contributed by atoms with E-state index in [0.717, 1.165) is 28.2 Å². The minimum atomic E-state index is -0.934. The van der Waals surface area contributed by atoms with Gasteiger partial charge < -0.3 is 14.6 Å². The summed E-state index contributed by atoms with van der Waals surface area (Å²) in [7, 11) is 0. The third-order valence-corrected chi connectivity index (χ3v) is 3.64. The minimum Gasteiger partial charge on any atom is -0.490 e. The number of carboxylic acids is 1. The molecule has 0 bridgehead atoms. The van der Waals surface area contributed by atoms with Crippen LogP contribution in [0.3, 0.4) is 0 Å². The molecule has 5 heteroatoms. The molecule has 1 heterocycles. The van der Waals surface area contributed by atoms with E-state index in [1.165, 1.54) is 6.07 Å². The van der Waals surface area contributed by atoms with Crippen LogP contribution in [0.25, 0.3) is 0 Å². The number of benzene rings is 1. The Hall–Kier alpha value is -2.01. The van der Waals surface area contributed by atoms with Crippen LogP contribution in [0.1, 0.15) is 20.8 Å². The van der Waals surface area contributed by atoms with Crippen molar-refractivity contribution >= 4 is 17.3 Å². The maximum atomic E-state index is 10.7. The lowest BCUT2D eigenvalue weighted by atomic mass is 10.1. The Morgan fingerprint density at radius 1 is 1.20 bits per heavy atom. The highest BCUT2D eigenvalue weighted by Crippen LogP contribution is 2.22. The van der Waals surface area contributed by atoms with Crippen LogP contribution in [-0.4, -0.2) is 24.3 Å². The van der Waals surface area contributed by atoms with E-state index in [2.05, 4.69) is 0 Å². The van der Waals surface area contributed by atoms with E-state index in [4.69, 9.17) is 14.6 Å². The molecule has 0 aliphatic heterocycles. The molecular weight excluding hydrogens is 276 g/mol. The van der Waals surface area contributed by atoms with E-state index < -0.39 is 5.97 Å². The Morgan fingerprint density at radius 2 is 1.95 bits per heavy atom. The van der Waals surface area contributed by atoms with Crippen molar-refractivity contribution in [1.29, 1.82) is 0 Å². The highest BCUT2D eigenvalue weighted by atomic mass is 32.1. The molecule has 1 N–H and O–H groups in total. The fourth-order valence-corrected chi connectivity index (χ4v) is 2.34. The van der Waals surface area contributed by atoms with Crippen molar-refractivity contribution in [2.75, 3.05) is 13.2 Å². The molecule has 20 heavy (non-hydrogen) atoms. The average molecular weight is 292 g/mol. The minimum absolute atomic E-state index is 0.274. The van der Waals surface area contributed by atoms with Crippen LogP contribution in [0.2, 0.25) is 0 Å². The molecule has 106 valence electrons. The van der Waals surface area contributed by atoms with E-state index in [9.17, 15) is 4.79 Å². The fourth-order valence-electron chi connectivity index (χ4n) is 1.68. The summed E-state index contributed by atoms with van der Waals surface area (Å²) in [5.74, 6) is 0.485. The SMILES string of the molecule is Cc1ccc(C)c(OCCOc2csc(C(=O)O)c2)c1. The predicted octanol–water partition coefficient (Wildman–Crippen LogP) is 3.52. The van der Waals surface area contributed by atoms with Crippen LogP contribution in [0, 0.1) is 13.8 Å². The second-order valence-corrected chi connectivity index (χ2v) is 5.33. The smallest absolute Gasteiger partial charge is 0.346 e. The number of hydrogen-bond acceptors (Lipinski definition) is 4. The molecule has 4 nitrogen and oxygen atoms in total. The van der Waals surface area contributed by atoms with Crippen LogP contribution in [0.4, 0.5) is 0 Å². The quantitative estimate of drug-likeness (QED) is 0.828. The Labute approximate surface area is 121 Å². The first-order valence-electron chi connectivity index (χ1n) is 6.21. The van der Waals surface area contributed by atoms with Crippen molar-refractivity contribution in [1.82, 2.24) is 0 Å². The van der Waals surface area contributed by atoms with Gasteiger partial charge in [-0.05, 0) is 31.0 Å². The van der Waals surface area contributed by atoms with Crippen molar-refractivity contribution in [3.05, 3.63) is 45.6 Å². The predicted molar refractivity (Wildman–Crippen MR) is 78.2 cm³/mol. The summed E-state index contributed by atoms with van der Waals surface area (Å²) in [5.41, 5.74) is 2.23. The van der Waals surface area contributed by atoms with E-state index in [-0.39, 0.29) is 4.88 Å². The van der Waals surface area contributed by atoms with Crippen molar-refractivity contribution in [3.63, 3.8) is 0 Å². The second-order valence-electron chi connectivity index (χ2n) is 4.42. The van der Waals surface area contributed by atoms with Gasteiger partial charge in [-0.2, -0.15) is 0 Å². The maximum Gasteiger partial charge on any atom is 0.346 e. The van der Waals surface area contributed by atoms with Crippen LogP contribution in [0.15, 0.2) is 29.6 Å². The zero-order valence-corrected chi connectivity index (χ0v) is 12.2. The first kappa shape index (κ1) is 14.4. The number of aromatic carboxylic acids is 1. The van der Waals surface area contributed by atoms with Crippen molar-refractivity contribution < 1.29 is 19.4 Å². The highest BCUT2D eigenvalue weighted by molar-refractivity contribution is 7.12. The Bertz CT molecular complexity index is 604. The fraction of sp³-hybridized carbons (Fsp3) is 0.267. The number of carboxylic acid groups (broad SMARTS) is 1. The summed E-state index contributed by atoms with van der Waals surface area (Å²) in [6.45, 7) is 4.81. The number of ether oxygens (including phenoxy) is 2. The maximum absolute atomic E-state index is 10.7. The van der Waals surface area contributed by atoms with Gasteiger partial charge in [-0.1, -0.05) is 12.1 Å². The summed E-state index contributed by atoms with van der Waals surface area (Å²) in [6, 6.07) is 7.56. The Balaban J connectivity index is 1.81. The van der Waals surface area contributed by atoms with Crippen LogP contribution in [-0.2, 0) is 0 Å². The number of thiophene rings is 1. The largest absolute Gasteiger partial charge is 0.490 e. The van der Waals surface area contributed by atoms with Gasteiger partial charge in [-0.25, -0.2) is 4.79 Å². The van der Waals surface area contributed by atoms with E-state index in [1.54, 1.807) is 5.38 Å². The van der Waals surface area contributed by atoms with Gasteiger partial charge in [0, 0.05) is 11.4 Å². The molecule has 0 amide bonds. The molecule has 0 radical (unpaired) electrons. The molecule has 0 fully saturated rings. The van der Waals surface area contributed by atoms with Crippen LogP contribution < -0.4 is 9.47 Å². The van der Waals surface area contributed by atoms with E-state index in [1.807, 2.05) is 32.0 Å². The Morgan fingerprint density at radius 3 is 2.65 bits per heavy atom. The third kappa shape index (κ3) is 3.74. The lowest BCUT2D eigenvalue weighted by Crippen LogP contribution is -2.09. The zero-order valence-electron chi connectivity index (χ0n) is 11.4. The lowest BCUT2D eigenvalue weighted by molar-refractivity contribution is 0.0702. The molecule has 0 saturated heterocycles. The normalized spacial score (nSPS) is 10.3.